The number of aromatic nitrogens is 4. The lowest BCUT2D eigenvalue weighted by atomic mass is 10.0. The predicted octanol–water partition coefficient (Wildman–Crippen LogP) is 3.47. The summed E-state index contributed by atoms with van der Waals surface area (Å²) >= 11 is 0. The highest BCUT2D eigenvalue weighted by atomic mass is 19.1. The fraction of sp³-hybridized carbons (Fsp3) is 0.208. The third-order valence-electron chi connectivity index (χ3n) is 5.54. The molecule has 0 amide bonds. The van der Waals surface area contributed by atoms with Gasteiger partial charge in [-0.3, -0.25) is 13.9 Å². The summed E-state index contributed by atoms with van der Waals surface area (Å²) in [5.41, 5.74) is 0.267. The topological polar surface area (TPSA) is 82.0 Å². The number of hydrogen-bond donors (Lipinski definition) is 1. The minimum Gasteiger partial charge on any atom is -0.388 e. The van der Waals surface area contributed by atoms with E-state index in [1.165, 1.54) is 39.5 Å². The van der Waals surface area contributed by atoms with Gasteiger partial charge in [-0.1, -0.05) is 12.6 Å². The molecular formula is C24H22F2N4O3. The molecule has 0 aliphatic carbocycles. The molecular weight excluding hydrogens is 430 g/mol. The van der Waals surface area contributed by atoms with Crippen molar-refractivity contribution in [2.24, 2.45) is 0 Å². The van der Waals surface area contributed by atoms with Crippen LogP contribution in [0.1, 0.15) is 30.8 Å². The first kappa shape index (κ1) is 22.3. The van der Waals surface area contributed by atoms with Gasteiger partial charge in [0.25, 0.3) is 5.56 Å². The molecule has 0 unspecified atom stereocenters. The summed E-state index contributed by atoms with van der Waals surface area (Å²) in [6, 6.07) is 7.86. The third kappa shape index (κ3) is 3.50. The van der Waals surface area contributed by atoms with Crippen LogP contribution in [0.3, 0.4) is 0 Å². The molecule has 2 heterocycles. The minimum atomic E-state index is -0.612. The van der Waals surface area contributed by atoms with Gasteiger partial charge in [0, 0.05) is 12.1 Å². The van der Waals surface area contributed by atoms with E-state index in [1.54, 1.807) is 20.8 Å². The SMILES string of the molecule is C=C(C)c1c(-n2nc(CO)n(CC)c2=O)n(-c2ccc(F)c(C)c2)c(=O)c2cc(F)ccc12. The second-order valence-corrected chi connectivity index (χ2v) is 7.76. The zero-order chi connectivity index (χ0) is 24.0. The number of fused-ring (bicyclic) bond motifs is 1. The van der Waals surface area contributed by atoms with Crippen molar-refractivity contribution in [3.8, 4) is 11.5 Å². The van der Waals surface area contributed by atoms with Crippen molar-refractivity contribution >= 4 is 16.3 Å². The molecule has 0 fully saturated rings. The molecule has 4 aromatic rings. The standard InChI is InChI=1S/C24H22F2N4O3/c1-5-28-20(12-31)27-30(24(28)33)22-21(13(2)3)17-8-6-15(25)11-18(17)23(32)29(22)16-7-9-19(26)14(4)10-16/h6-11,31H,2,5,12H2,1,3-4H3. The highest BCUT2D eigenvalue weighted by Crippen LogP contribution is 2.30. The van der Waals surface area contributed by atoms with Gasteiger partial charge >= 0.3 is 5.69 Å². The largest absolute Gasteiger partial charge is 0.388 e. The van der Waals surface area contributed by atoms with Crippen LogP contribution in [0.15, 0.2) is 52.6 Å². The van der Waals surface area contributed by atoms with E-state index in [9.17, 15) is 23.5 Å². The predicted molar refractivity (Wildman–Crippen MR) is 122 cm³/mol. The number of aliphatic hydroxyl groups excluding tert-OH is 1. The average molecular weight is 452 g/mol. The summed E-state index contributed by atoms with van der Waals surface area (Å²) in [5, 5.41) is 14.5. The maximum absolute atomic E-state index is 14.1. The van der Waals surface area contributed by atoms with Gasteiger partial charge in [0.2, 0.25) is 0 Å². The average Bonchev–Trinajstić information content (AvgIpc) is 3.10. The van der Waals surface area contributed by atoms with Gasteiger partial charge in [0.15, 0.2) is 11.6 Å². The van der Waals surface area contributed by atoms with Crippen LogP contribution >= 0.6 is 0 Å². The van der Waals surface area contributed by atoms with Crippen LogP contribution in [0.25, 0.3) is 27.9 Å². The maximum atomic E-state index is 14.1. The number of nitrogens with zero attached hydrogens (tertiary/aromatic N) is 4. The Bertz CT molecular complexity index is 1550. The molecule has 33 heavy (non-hydrogen) atoms. The van der Waals surface area contributed by atoms with Gasteiger partial charge in [0.05, 0.1) is 11.1 Å². The molecule has 0 aliphatic rings. The molecule has 4 rings (SSSR count). The summed E-state index contributed by atoms with van der Waals surface area (Å²) in [4.78, 5) is 26.9. The van der Waals surface area contributed by atoms with Crippen molar-refractivity contribution in [3.05, 3.63) is 92.4 Å². The Morgan fingerprint density at radius 3 is 2.42 bits per heavy atom. The zero-order valence-electron chi connectivity index (χ0n) is 18.4. The van der Waals surface area contributed by atoms with Crippen LogP contribution in [-0.2, 0) is 13.2 Å². The van der Waals surface area contributed by atoms with E-state index in [1.807, 2.05) is 0 Å². The molecule has 2 aromatic heterocycles. The Morgan fingerprint density at radius 1 is 1.12 bits per heavy atom. The summed E-state index contributed by atoms with van der Waals surface area (Å²) < 4.78 is 31.6. The lowest BCUT2D eigenvalue weighted by Gasteiger charge is -2.19. The van der Waals surface area contributed by atoms with Gasteiger partial charge in [-0.15, -0.1) is 5.10 Å². The lowest BCUT2D eigenvalue weighted by Crippen LogP contribution is -2.31. The number of pyridine rings is 1. The number of aryl methyl sites for hydroxylation is 1. The van der Waals surface area contributed by atoms with Crippen LogP contribution in [0, 0.1) is 18.6 Å². The van der Waals surface area contributed by atoms with E-state index in [0.717, 1.165) is 10.7 Å². The van der Waals surface area contributed by atoms with Crippen LogP contribution in [-0.4, -0.2) is 24.0 Å². The van der Waals surface area contributed by atoms with Crippen molar-refractivity contribution in [1.29, 1.82) is 0 Å². The first-order valence-electron chi connectivity index (χ1n) is 10.3. The molecule has 0 atom stereocenters. The van der Waals surface area contributed by atoms with Gasteiger partial charge in [-0.05, 0) is 67.6 Å². The van der Waals surface area contributed by atoms with Crippen molar-refractivity contribution in [2.45, 2.75) is 33.9 Å². The lowest BCUT2D eigenvalue weighted by molar-refractivity contribution is 0.264. The normalized spacial score (nSPS) is 11.3. The quantitative estimate of drug-likeness (QED) is 0.503. The van der Waals surface area contributed by atoms with Crippen molar-refractivity contribution in [3.63, 3.8) is 0 Å². The zero-order valence-corrected chi connectivity index (χ0v) is 18.4. The maximum Gasteiger partial charge on any atom is 0.352 e. The highest BCUT2D eigenvalue weighted by molar-refractivity contribution is 5.95. The van der Waals surface area contributed by atoms with E-state index in [-0.39, 0.29) is 34.8 Å². The van der Waals surface area contributed by atoms with Crippen LogP contribution in [0.5, 0.6) is 0 Å². The molecule has 2 aromatic carbocycles. The molecule has 170 valence electrons. The second kappa shape index (κ2) is 8.25. The Hall–Kier alpha value is -3.85. The molecule has 0 saturated heterocycles. The Kier molecular flexibility index (Phi) is 5.59. The number of allylic oxidation sites excluding steroid dienone is 1. The van der Waals surface area contributed by atoms with E-state index in [2.05, 4.69) is 11.7 Å². The second-order valence-electron chi connectivity index (χ2n) is 7.76. The first-order valence-corrected chi connectivity index (χ1v) is 10.3. The van der Waals surface area contributed by atoms with Gasteiger partial charge in [0.1, 0.15) is 18.2 Å². The monoisotopic (exact) mass is 452 g/mol. The van der Waals surface area contributed by atoms with E-state index in [0.29, 0.717) is 16.5 Å². The summed E-state index contributed by atoms with van der Waals surface area (Å²) in [7, 11) is 0. The van der Waals surface area contributed by atoms with Gasteiger partial charge in [-0.25, -0.2) is 13.6 Å². The smallest absolute Gasteiger partial charge is 0.352 e. The van der Waals surface area contributed by atoms with E-state index < -0.39 is 29.5 Å². The fourth-order valence-corrected chi connectivity index (χ4v) is 4.00. The van der Waals surface area contributed by atoms with Crippen LogP contribution < -0.4 is 11.2 Å². The highest BCUT2D eigenvalue weighted by Gasteiger charge is 2.25. The van der Waals surface area contributed by atoms with Gasteiger partial charge < -0.3 is 5.11 Å². The van der Waals surface area contributed by atoms with Crippen molar-refractivity contribution < 1.29 is 13.9 Å². The molecule has 0 radical (unpaired) electrons. The Labute approximate surface area is 187 Å². The number of benzene rings is 2. The molecule has 0 aliphatic heterocycles. The minimum absolute atomic E-state index is 0.0732. The van der Waals surface area contributed by atoms with Crippen LogP contribution in [0.2, 0.25) is 0 Å². The molecule has 0 bridgehead atoms. The molecule has 1 N–H and O–H groups in total. The molecule has 9 heteroatoms. The Morgan fingerprint density at radius 2 is 1.85 bits per heavy atom. The fourth-order valence-electron chi connectivity index (χ4n) is 4.00. The number of rotatable bonds is 5. The van der Waals surface area contributed by atoms with Crippen LogP contribution in [0.4, 0.5) is 8.78 Å². The van der Waals surface area contributed by atoms with Gasteiger partial charge in [-0.2, -0.15) is 4.68 Å². The van der Waals surface area contributed by atoms with E-state index >= 15 is 0 Å². The summed E-state index contributed by atoms with van der Waals surface area (Å²) in [6.07, 6.45) is 0. The summed E-state index contributed by atoms with van der Waals surface area (Å²) in [5.74, 6) is -0.875. The number of hydrogen-bond acceptors (Lipinski definition) is 4. The molecule has 0 spiro atoms. The number of halogens is 2. The first-order chi connectivity index (χ1) is 15.7. The van der Waals surface area contributed by atoms with E-state index in [4.69, 9.17) is 0 Å². The number of aliphatic hydroxyl groups is 1. The molecule has 7 nitrogen and oxygen atoms in total. The summed E-state index contributed by atoms with van der Waals surface area (Å²) in [6.45, 7) is 8.74. The van der Waals surface area contributed by atoms with Crippen molar-refractivity contribution in [1.82, 2.24) is 18.9 Å². The van der Waals surface area contributed by atoms with Crippen molar-refractivity contribution in [2.75, 3.05) is 0 Å². The molecule has 0 saturated carbocycles. The Balaban J connectivity index is 2.29. The third-order valence-corrected chi connectivity index (χ3v) is 5.54.